The van der Waals surface area contributed by atoms with Gasteiger partial charge in [-0.15, -0.1) is 0 Å². The monoisotopic (exact) mass is 951 g/mol. The van der Waals surface area contributed by atoms with Gasteiger partial charge in [-0.25, -0.2) is 4.57 Å². The zero-order chi connectivity index (χ0) is 48.4. The molecule has 0 spiro atoms. The summed E-state index contributed by atoms with van der Waals surface area (Å²) in [4.78, 5) is 48.2. The molecule has 0 saturated carbocycles. The van der Waals surface area contributed by atoms with Gasteiger partial charge in [-0.1, -0.05) is 210 Å². The van der Waals surface area contributed by atoms with Crippen molar-refractivity contribution in [1.82, 2.24) is 0 Å². The highest BCUT2D eigenvalue weighted by Crippen LogP contribution is 2.43. The van der Waals surface area contributed by atoms with Gasteiger partial charge in [-0.05, 0) is 57.8 Å². The maximum atomic E-state index is 12.8. The van der Waals surface area contributed by atoms with Crippen molar-refractivity contribution in [3.8, 4) is 0 Å². The van der Waals surface area contributed by atoms with Crippen molar-refractivity contribution >= 4 is 25.7 Å². The summed E-state index contributed by atoms with van der Waals surface area (Å²) in [5.41, 5.74) is 0. The second kappa shape index (κ2) is 48.6. The maximum absolute atomic E-state index is 12.8. The third-order valence-electron chi connectivity index (χ3n) is 11.0. The molecule has 0 amide bonds. The molecule has 382 valence electrons. The summed E-state index contributed by atoms with van der Waals surface area (Å²) in [5, 5.41) is 9.74. The number of aliphatic hydroxyl groups is 1. The average molecular weight is 951 g/mol. The third kappa shape index (κ3) is 46.3. The molecule has 0 radical (unpaired) electrons. The Morgan fingerprint density at radius 1 is 0.439 bits per heavy atom. The molecule has 3 atom stereocenters. The number of rotatable bonds is 48. The molecule has 0 aliphatic carbocycles. The Hall–Kier alpha value is -2.82. The van der Waals surface area contributed by atoms with Gasteiger partial charge < -0.3 is 24.2 Å². The fraction of sp³-hybridized carbons (Fsp3) is 0.759. The van der Waals surface area contributed by atoms with Crippen molar-refractivity contribution in [2.75, 3.05) is 26.4 Å². The SMILES string of the molecule is CC/C=C\C/C=C\C/C=C\C/C=C\C/C=C\CCCC(=O)OCC(COP(=O)(O)OCC(CO)OC(=O)CCCCCCCCCCC)OC(=O)CCCCCCCCCCCCCCC. The molecule has 3 unspecified atom stereocenters. The van der Waals surface area contributed by atoms with E-state index >= 15 is 0 Å². The predicted octanol–water partition coefficient (Wildman–Crippen LogP) is 14.8. The lowest BCUT2D eigenvalue weighted by molar-refractivity contribution is -0.161. The number of unbranched alkanes of at least 4 members (excludes halogenated alkanes) is 21. The quantitative estimate of drug-likeness (QED) is 0.0197. The molecule has 0 aliphatic heterocycles. The van der Waals surface area contributed by atoms with Crippen LogP contribution in [-0.4, -0.2) is 66.5 Å². The Balaban J connectivity index is 4.81. The van der Waals surface area contributed by atoms with Gasteiger partial charge in [0.1, 0.15) is 12.7 Å². The second-order valence-electron chi connectivity index (χ2n) is 17.3. The minimum atomic E-state index is -4.75. The largest absolute Gasteiger partial charge is 0.472 e. The topological polar surface area (TPSA) is 155 Å². The van der Waals surface area contributed by atoms with Crippen LogP contribution >= 0.6 is 7.82 Å². The normalized spacial score (nSPS) is 14.0. The van der Waals surface area contributed by atoms with Gasteiger partial charge in [-0.3, -0.25) is 23.4 Å². The Bertz CT molecular complexity index is 1340. The minimum Gasteiger partial charge on any atom is -0.462 e. The maximum Gasteiger partial charge on any atom is 0.472 e. The molecular formula is C54H95O11P. The third-order valence-corrected chi connectivity index (χ3v) is 11.9. The van der Waals surface area contributed by atoms with E-state index in [1.54, 1.807) is 0 Å². The van der Waals surface area contributed by atoms with Gasteiger partial charge in [0.15, 0.2) is 6.10 Å². The summed E-state index contributed by atoms with van der Waals surface area (Å²) in [6, 6.07) is 0. The molecule has 0 rings (SSSR count). The molecule has 66 heavy (non-hydrogen) atoms. The lowest BCUT2D eigenvalue weighted by Crippen LogP contribution is -2.30. The molecule has 0 aromatic rings. The molecule has 0 aromatic heterocycles. The fourth-order valence-electron chi connectivity index (χ4n) is 6.98. The van der Waals surface area contributed by atoms with E-state index < -0.39 is 57.8 Å². The van der Waals surface area contributed by atoms with E-state index in [1.807, 2.05) is 6.08 Å². The number of esters is 3. The Kier molecular flexibility index (Phi) is 46.6. The number of carbonyl (C=O) groups excluding carboxylic acids is 3. The summed E-state index contributed by atoms with van der Waals surface area (Å²) < 4.78 is 39.2. The predicted molar refractivity (Wildman–Crippen MR) is 270 cm³/mol. The smallest absolute Gasteiger partial charge is 0.462 e. The van der Waals surface area contributed by atoms with Crippen LogP contribution in [0.4, 0.5) is 0 Å². The zero-order valence-electron chi connectivity index (χ0n) is 41.9. The Morgan fingerprint density at radius 3 is 1.20 bits per heavy atom. The number of ether oxygens (including phenoxy) is 3. The van der Waals surface area contributed by atoms with Crippen LogP contribution in [0.1, 0.15) is 226 Å². The fourth-order valence-corrected chi connectivity index (χ4v) is 7.76. The molecule has 12 heteroatoms. The number of hydrogen-bond acceptors (Lipinski definition) is 10. The van der Waals surface area contributed by atoms with Crippen LogP contribution in [-0.2, 0) is 42.2 Å². The van der Waals surface area contributed by atoms with Crippen LogP contribution in [0.3, 0.4) is 0 Å². The van der Waals surface area contributed by atoms with E-state index in [9.17, 15) is 28.9 Å². The number of allylic oxidation sites excluding steroid dienone is 10. The van der Waals surface area contributed by atoms with E-state index in [-0.39, 0.29) is 25.9 Å². The lowest BCUT2D eigenvalue weighted by atomic mass is 10.0. The van der Waals surface area contributed by atoms with E-state index in [1.165, 1.54) is 89.9 Å². The highest BCUT2D eigenvalue weighted by molar-refractivity contribution is 7.47. The molecule has 11 nitrogen and oxygen atoms in total. The average Bonchev–Trinajstić information content (AvgIpc) is 3.30. The summed E-state index contributed by atoms with van der Waals surface area (Å²) in [6.45, 7) is 4.44. The van der Waals surface area contributed by atoms with E-state index in [2.05, 4.69) is 75.5 Å². The van der Waals surface area contributed by atoms with Crippen molar-refractivity contribution in [3.63, 3.8) is 0 Å². The van der Waals surface area contributed by atoms with E-state index in [0.29, 0.717) is 25.7 Å². The molecule has 0 aliphatic rings. The first-order chi connectivity index (χ1) is 32.2. The van der Waals surface area contributed by atoms with Crippen LogP contribution in [0, 0.1) is 0 Å². The molecule has 0 fully saturated rings. The van der Waals surface area contributed by atoms with Gasteiger partial charge >= 0.3 is 25.7 Å². The van der Waals surface area contributed by atoms with Crippen LogP contribution in [0.2, 0.25) is 0 Å². The second-order valence-corrected chi connectivity index (χ2v) is 18.8. The van der Waals surface area contributed by atoms with Crippen LogP contribution in [0.15, 0.2) is 60.8 Å². The lowest BCUT2D eigenvalue weighted by Gasteiger charge is -2.21. The van der Waals surface area contributed by atoms with Crippen LogP contribution in [0.5, 0.6) is 0 Å². The Labute approximate surface area is 402 Å². The number of phosphoric acid groups is 1. The van der Waals surface area contributed by atoms with Gasteiger partial charge in [0, 0.05) is 19.3 Å². The number of aliphatic hydroxyl groups excluding tert-OH is 1. The standard InChI is InChI=1S/C54H95O11P/c1-4-7-10-13-16-19-21-23-24-25-26-28-29-32-34-37-40-43-52(56)61-47-51(65-54(58)45-42-39-36-33-30-27-22-20-17-14-11-8-5-2)49-63-66(59,60)62-48-50(46-55)64-53(57)44-41-38-35-31-18-15-12-9-6-3/h7,10,16,19,23-24,26,28,32,34,50-51,55H,4-6,8-9,11-15,17-18,20-22,25,27,29-31,33,35-49H2,1-3H3,(H,59,60)/b10-7-,19-16-,24-23-,28-26-,34-32-. The summed E-state index contributed by atoms with van der Waals surface area (Å²) in [5.74, 6) is -1.53. The molecule has 2 N–H and O–H groups in total. The summed E-state index contributed by atoms with van der Waals surface area (Å²) in [6.07, 6.45) is 50.6. The van der Waals surface area contributed by atoms with Crippen LogP contribution < -0.4 is 0 Å². The van der Waals surface area contributed by atoms with Crippen molar-refractivity contribution < 1.29 is 52.2 Å². The molecule has 0 aromatic carbocycles. The summed E-state index contributed by atoms with van der Waals surface area (Å²) in [7, 11) is -4.75. The number of carbonyl (C=O) groups is 3. The first-order valence-corrected chi connectivity index (χ1v) is 27.7. The zero-order valence-corrected chi connectivity index (χ0v) is 42.8. The van der Waals surface area contributed by atoms with Gasteiger partial charge in [0.25, 0.3) is 0 Å². The van der Waals surface area contributed by atoms with Gasteiger partial charge in [-0.2, -0.15) is 0 Å². The van der Waals surface area contributed by atoms with Crippen molar-refractivity contribution in [1.29, 1.82) is 0 Å². The summed E-state index contributed by atoms with van der Waals surface area (Å²) >= 11 is 0. The molecular weight excluding hydrogens is 856 g/mol. The number of hydrogen-bond donors (Lipinski definition) is 2. The molecule has 0 saturated heterocycles. The van der Waals surface area contributed by atoms with Crippen molar-refractivity contribution in [2.45, 2.75) is 238 Å². The van der Waals surface area contributed by atoms with Crippen molar-refractivity contribution in [2.24, 2.45) is 0 Å². The highest BCUT2D eigenvalue weighted by atomic mass is 31.2. The number of phosphoric ester groups is 1. The van der Waals surface area contributed by atoms with Gasteiger partial charge in [0.2, 0.25) is 0 Å². The van der Waals surface area contributed by atoms with E-state index in [0.717, 1.165) is 70.6 Å². The highest BCUT2D eigenvalue weighted by Gasteiger charge is 2.28. The minimum absolute atomic E-state index is 0.150. The van der Waals surface area contributed by atoms with Gasteiger partial charge in [0.05, 0.1) is 19.8 Å². The van der Waals surface area contributed by atoms with Crippen LogP contribution in [0.25, 0.3) is 0 Å². The van der Waals surface area contributed by atoms with Crippen molar-refractivity contribution in [3.05, 3.63) is 60.8 Å². The molecule has 0 heterocycles. The Morgan fingerprint density at radius 2 is 0.788 bits per heavy atom. The first kappa shape index (κ1) is 63.2. The molecule has 0 bridgehead atoms. The van der Waals surface area contributed by atoms with E-state index in [4.69, 9.17) is 23.3 Å². The first-order valence-electron chi connectivity index (χ1n) is 26.2.